The van der Waals surface area contributed by atoms with Gasteiger partial charge in [0, 0.05) is 12.1 Å². The summed E-state index contributed by atoms with van der Waals surface area (Å²) in [6.45, 7) is 0. The molecule has 0 aliphatic carbocycles. The van der Waals surface area contributed by atoms with Gasteiger partial charge in [-0.05, 0) is 12.1 Å². The molecule has 0 fully saturated rings. The standard InChI is InChI=1S/C9H11FN2O2/c1-14-9(13)7(11)5-6-3-2-4-8(10)12-6/h2-4,7H,5,11H2,1H3/t7-/m1/s1. The van der Waals surface area contributed by atoms with Crippen molar-refractivity contribution in [3.63, 3.8) is 0 Å². The SMILES string of the molecule is COC(=O)[C@H](N)Cc1cccc(F)n1. The van der Waals surface area contributed by atoms with Crippen LogP contribution in [0.1, 0.15) is 5.69 Å². The number of nitrogens with zero attached hydrogens (tertiary/aromatic N) is 1. The predicted molar refractivity (Wildman–Crippen MR) is 47.9 cm³/mol. The Balaban J connectivity index is 2.64. The minimum absolute atomic E-state index is 0.171. The van der Waals surface area contributed by atoms with Crippen molar-refractivity contribution in [1.82, 2.24) is 4.98 Å². The molecule has 76 valence electrons. The molecule has 1 aromatic rings. The molecule has 0 bridgehead atoms. The average molecular weight is 198 g/mol. The number of rotatable bonds is 3. The highest BCUT2D eigenvalue weighted by Gasteiger charge is 2.14. The minimum Gasteiger partial charge on any atom is -0.468 e. The van der Waals surface area contributed by atoms with Gasteiger partial charge in [0.05, 0.1) is 7.11 Å². The second-order valence-corrected chi connectivity index (χ2v) is 2.79. The molecular formula is C9H11FN2O2. The first-order chi connectivity index (χ1) is 6.63. The third-order valence-electron chi connectivity index (χ3n) is 1.71. The number of hydrogen-bond acceptors (Lipinski definition) is 4. The molecule has 0 radical (unpaired) electrons. The van der Waals surface area contributed by atoms with E-state index in [0.29, 0.717) is 5.69 Å². The van der Waals surface area contributed by atoms with Gasteiger partial charge in [-0.15, -0.1) is 0 Å². The summed E-state index contributed by atoms with van der Waals surface area (Å²) >= 11 is 0. The van der Waals surface area contributed by atoms with Gasteiger partial charge >= 0.3 is 5.97 Å². The third-order valence-corrected chi connectivity index (χ3v) is 1.71. The molecule has 5 heteroatoms. The fourth-order valence-electron chi connectivity index (χ4n) is 1.02. The van der Waals surface area contributed by atoms with Crippen LogP contribution in [0.15, 0.2) is 18.2 Å². The number of hydrogen-bond donors (Lipinski definition) is 1. The highest BCUT2D eigenvalue weighted by Crippen LogP contribution is 2.01. The zero-order valence-electron chi connectivity index (χ0n) is 7.74. The lowest BCUT2D eigenvalue weighted by molar-refractivity contribution is -0.142. The van der Waals surface area contributed by atoms with Gasteiger partial charge in [-0.2, -0.15) is 4.39 Å². The summed E-state index contributed by atoms with van der Waals surface area (Å²) in [5, 5.41) is 0. The van der Waals surface area contributed by atoms with E-state index in [2.05, 4.69) is 9.72 Å². The van der Waals surface area contributed by atoms with Crippen LogP contribution in [0.2, 0.25) is 0 Å². The maximum Gasteiger partial charge on any atom is 0.323 e. The molecule has 2 N–H and O–H groups in total. The summed E-state index contributed by atoms with van der Waals surface area (Å²) in [5.74, 6) is -1.12. The van der Waals surface area contributed by atoms with Crippen molar-refractivity contribution in [3.05, 3.63) is 29.8 Å². The lowest BCUT2D eigenvalue weighted by atomic mass is 10.1. The summed E-state index contributed by atoms with van der Waals surface area (Å²) in [5.41, 5.74) is 5.91. The molecule has 0 aromatic carbocycles. The fourth-order valence-corrected chi connectivity index (χ4v) is 1.02. The van der Waals surface area contributed by atoms with Crippen molar-refractivity contribution in [2.45, 2.75) is 12.5 Å². The van der Waals surface area contributed by atoms with E-state index in [1.54, 1.807) is 6.07 Å². The topological polar surface area (TPSA) is 65.2 Å². The minimum atomic E-state index is -0.797. The van der Waals surface area contributed by atoms with Crippen LogP contribution in [-0.2, 0) is 16.0 Å². The summed E-state index contributed by atoms with van der Waals surface area (Å²) in [6.07, 6.45) is 0.171. The first kappa shape index (κ1) is 10.6. The normalized spacial score (nSPS) is 12.2. The molecule has 0 aliphatic heterocycles. The van der Waals surface area contributed by atoms with Crippen molar-refractivity contribution < 1.29 is 13.9 Å². The molecular weight excluding hydrogens is 187 g/mol. The molecule has 4 nitrogen and oxygen atoms in total. The van der Waals surface area contributed by atoms with E-state index in [1.165, 1.54) is 19.2 Å². The Kier molecular flexibility index (Phi) is 3.53. The van der Waals surface area contributed by atoms with Crippen molar-refractivity contribution >= 4 is 5.97 Å². The van der Waals surface area contributed by atoms with E-state index in [-0.39, 0.29) is 6.42 Å². The number of methoxy groups -OCH3 is 1. The predicted octanol–water partition coefficient (Wildman–Crippen LogP) is 0.263. The lowest BCUT2D eigenvalue weighted by Gasteiger charge is -2.07. The third kappa shape index (κ3) is 2.77. The Hall–Kier alpha value is -1.49. The second kappa shape index (κ2) is 4.66. The number of carbonyl (C=O) groups is 1. The maximum atomic E-state index is 12.6. The summed E-state index contributed by atoms with van der Waals surface area (Å²) in [4.78, 5) is 14.5. The Bertz CT molecular complexity index is 330. The molecule has 1 atom stereocenters. The number of carbonyl (C=O) groups excluding carboxylic acids is 1. The summed E-state index contributed by atoms with van der Waals surface area (Å²) in [6, 6.07) is 3.55. The van der Waals surface area contributed by atoms with Crippen LogP contribution < -0.4 is 5.73 Å². The smallest absolute Gasteiger partial charge is 0.323 e. The van der Waals surface area contributed by atoms with E-state index in [9.17, 15) is 9.18 Å². The monoisotopic (exact) mass is 198 g/mol. The van der Waals surface area contributed by atoms with Crippen molar-refractivity contribution in [1.29, 1.82) is 0 Å². The molecule has 1 rings (SSSR count). The molecule has 14 heavy (non-hydrogen) atoms. The molecule has 0 amide bonds. The Morgan fingerprint density at radius 3 is 3.00 bits per heavy atom. The molecule has 1 heterocycles. The van der Waals surface area contributed by atoms with Crippen LogP contribution in [0.25, 0.3) is 0 Å². The van der Waals surface area contributed by atoms with Crippen LogP contribution in [0.5, 0.6) is 0 Å². The van der Waals surface area contributed by atoms with Crippen LogP contribution in [0.4, 0.5) is 4.39 Å². The van der Waals surface area contributed by atoms with Gasteiger partial charge in [-0.3, -0.25) is 4.79 Å². The van der Waals surface area contributed by atoms with Crippen molar-refractivity contribution in [2.24, 2.45) is 5.73 Å². The highest BCUT2D eigenvalue weighted by molar-refractivity contribution is 5.75. The van der Waals surface area contributed by atoms with Crippen LogP contribution in [-0.4, -0.2) is 24.1 Å². The van der Waals surface area contributed by atoms with E-state index < -0.39 is 18.0 Å². The Morgan fingerprint density at radius 1 is 1.71 bits per heavy atom. The molecule has 0 spiro atoms. The first-order valence-corrected chi connectivity index (χ1v) is 4.08. The zero-order valence-corrected chi connectivity index (χ0v) is 7.74. The number of halogens is 1. The number of nitrogens with two attached hydrogens (primary N) is 1. The Morgan fingerprint density at radius 2 is 2.43 bits per heavy atom. The molecule has 0 saturated heterocycles. The molecule has 0 unspecified atom stereocenters. The van der Waals surface area contributed by atoms with Crippen LogP contribution >= 0.6 is 0 Å². The molecule has 1 aromatic heterocycles. The quantitative estimate of drug-likeness (QED) is 0.559. The van der Waals surface area contributed by atoms with Gasteiger partial charge in [-0.1, -0.05) is 6.07 Å². The van der Waals surface area contributed by atoms with Crippen LogP contribution in [0.3, 0.4) is 0 Å². The van der Waals surface area contributed by atoms with Crippen molar-refractivity contribution in [2.75, 3.05) is 7.11 Å². The molecule has 0 aliphatic rings. The number of pyridine rings is 1. The maximum absolute atomic E-state index is 12.6. The van der Waals surface area contributed by atoms with Crippen molar-refractivity contribution in [3.8, 4) is 0 Å². The van der Waals surface area contributed by atoms with E-state index >= 15 is 0 Å². The van der Waals surface area contributed by atoms with Crippen LogP contribution in [0, 0.1) is 5.95 Å². The molecule has 0 saturated carbocycles. The number of esters is 1. The number of aromatic nitrogens is 1. The summed E-state index contributed by atoms with van der Waals surface area (Å²) in [7, 11) is 1.25. The zero-order chi connectivity index (χ0) is 10.6. The second-order valence-electron chi connectivity index (χ2n) is 2.79. The van der Waals surface area contributed by atoms with E-state index in [0.717, 1.165) is 0 Å². The van der Waals surface area contributed by atoms with Gasteiger partial charge in [-0.25, -0.2) is 4.98 Å². The lowest BCUT2D eigenvalue weighted by Crippen LogP contribution is -2.33. The fraction of sp³-hybridized carbons (Fsp3) is 0.333. The highest BCUT2D eigenvalue weighted by atomic mass is 19.1. The first-order valence-electron chi connectivity index (χ1n) is 4.08. The number of ether oxygens (including phenoxy) is 1. The van der Waals surface area contributed by atoms with Gasteiger partial charge < -0.3 is 10.5 Å². The van der Waals surface area contributed by atoms with Gasteiger partial charge in [0.15, 0.2) is 0 Å². The van der Waals surface area contributed by atoms with Gasteiger partial charge in [0.2, 0.25) is 5.95 Å². The van der Waals surface area contributed by atoms with Gasteiger partial charge in [0.1, 0.15) is 6.04 Å². The summed E-state index contributed by atoms with van der Waals surface area (Å²) < 4.78 is 17.1. The van der Waals surface area contributed by atoms with E-state index in [4.69, 9.17) is 5.73 Å². The average Bonchev–Trinajstić information content (AvgIpc) is 2.16. The Labute approximate surface area is 80.9 Å². The largest absolute Gasteiger partial charge is 0.468 e. The van der Waals surface area contributed by atoms with Gasteiger partial charge in [0.25, 0.3) is 0 Å². The van der Waals surface area contributed by atoms with E-state index in [1.807, 2.05) is 0 Å².